The quantitative estimate of drug-likeness (QED) is 0.751. The molecular formula is C17H17BrN4O2. The van der Waals surface area contributed by atoms with Crippen molar-refractivity contribution in [3.05, 3.63) is 45.2 Å². The van der Waals surface area contributed by atoms with Gasteiger partial charge in [0.05, 0.1) is 22.6 Å². The van der Waals surface area contributed by atoms with E-state index in [0.29, 0.717) is 18.0 Å². The molecule has 1 fully saturated rings. The molecule has 1 aliphatic carbocycles. The first-order chi connectivity index (χ1) is 11.5. The van der Waals surface area contributed by atoms with E-state index < -0.39 is 0 Å². The van der Waals surface area contributed by atoms with Crippen molar-refractivity contribution >= 4 is 33.4 Å². The highest BCUT2D eigenvalue weighted by Gasteiger charge is 2.30. The smallest absolute Gasteiger partial charge is 0.273 e. The van der Waals surface area contributed by atoms with Crippen LogP contribution in [0.1, 0.15) is 59.0 Å². The number of nitrogens with zero attached hydrogens (tertiary/aromatic N) is 1. The molecule has 0 spiro atoms. The summed E-state index contributed by atoms with van der Waals surface area (Å²) in [6.07, 6.45) is 2.67. The van der Waals surface area contributed by atoms with Crippen molar-refractivity contribution in [2.75, 3.05) is 5.32 Å². The van der Waals surface area contributed by atoms with Crippen molar-refractivity contribution in [1.82, 2.24) is 15.5 Å². The Morgan fingerprint density at radius 2 is 2.21 bits per heavy atom. The maximum atomic E-state index is 12.5. The molecule has 24 heavy (non-hydrogen) atoms. The molecule has 1 aliphatic heterocycles. The molecule has 1 aromatic heterocycles. The number of aromatic nitrogens is 2. The lowest BCUT2D eigenvalue weighted by Gasteiger charge is -2.14. The monoisotopic (exact) mass is 388 g/mol. The van der Waals surface area contributed by atoms with Gasteiger partial charge in [-0.2, -0.15) is 5.10 Å². The second-order valence-electron chi connectivity index (χ2n) is 6.41. The number of carbonyl (C=O) groups excluding carboxylic acids is 2. The third kappa shape index (κ3) is 2.73. The number of amides is 2. The highest BCUT2D eigenvalue weighted by Crippen LogP contribution is 2.42. The maximum Gasteiger partial charge on any atom is 0.273 e. The number of benzene rings is 1. The van der Waals surface area contributed by atoms with Crippen molar-refractivity contribution < 1.29 is 9.59 Å². The zero-order chi connectivity index (χ0) is 16.8. The Bertz CT molecular complexity index is 841. The molecule has 0 unspecified atom stereocenters. The Balaban J connectivity index is 1.50. The first kappa shape index (κ1) is 15.4. The molecule has 2 heterocycles. The van der Waals surface area contributed by atoms with Gasteiger partial charge in [-0.05, 0) is 52.9 Å². The molecular weight excluding hydrogens is 372 g/mol. The minimum Gasteiger partial charge on any atom is -0.344 e. The standard InChI is InChI=1S/C17H17BrN4O2/c1-8(10-4-5-12-11(6-10)7-13(23)20-12)19-17(24)16-14(18)15(21-22-16)9-2-3-9/h4-6,8-9H,2-3,7H2,1H3,(H,19,24)(H,20,23)(H,21,22)/t8-/m1/s1. The number of fused-ring (bicyclic) bond motifs is 1. The van der Waals surface area contributed by atoms with Gasteiger partial charge in [0.2, 0.25) is 5.91 Å². The summed E-state index contributed by atoms with van der Waals surface area (Å²) in [6.45, 7) is 1.92. The normalized spacial score (nSPS) is 17.3. The molecule has 0 saturated heterocycles. The van der Waals surface area contributed by atoms with Crippen LogP contribution in [-0.4, -0.2) is 22.0 Å². The number of hydrogen-bond donors (Lipinski definition) is 3. The summed E-state index contributed by atoms with van der Waals surface area (Å²) < 4.78 is 0.762. The van der Waals surface area contributed by atoms with Crippen LogP contribution in [0.3, 0.4) is 0 Å². The molecule has 2 amide bonds. The predicted octanol–water partition coefficient (Wildman–Crippen LogP) is 3.04. The maximum absolute atomic E-state index is 12.5. The summed E-state index contributed by atoms with van der Waals surface area (Å²) in [5.41, 5.74) is 4.19. The summed E-state index contributed by atoms with van der Waals surface area (Å²) in [6, 6.07) is 5.60. The second-order valence-corrected chi connectivity index (χ2v) is 7.20. The van der Waals surface area contributed by atoms with Crippen molar-refractivity contribution in [3.63, 3.8) is 0 Å². The Hall–Kier alpha value is -2.15. The largest absolute Gasteiger partial charge is 0.344 e. The van der Waals surface area contributed by atoms with Crippen LogP contribution in [-0.2, 0) is 11.2 Å². The van der Waals surface area contributed by atoms with E-state index in [4.69, 9.17) is 0 Å². The SMILES string of the molecule is C[C@@H](NC(=O)c1n[nH]c(C2CC2)c1Br)c1ccc2c(c1)CC(=O)N2. The van der Waals surface area contributed by atoms with Gasteiger partial charge < -0.3 is 10.6 Å². The fourth-order valence-electron chi connectivity index (χ4n) is 3.00. The number of H-pyrrole nitrogens is 1. The summed E-state index contributed by atoms with van der Waals surface area (Å²) >= 11 is 3.49. The minimum absolute atomic E-state index is 0.00639. The molecule has 1 atom stereocenters. The van der Waals surface area contributed by atoms with Gasteiger partial charge in [0.1, 0.15) is 0 Å². The van der Waals surface area contributed by atoms with Gasteiger partial charge in [-0.1, -0.05) is 12.1 Å². The molecule has 2 aromatic rings. The molecule has 124 valence electrons. The van der Waals surface area contributed by atoms with Crippen molar-refractivity contribution in [2.24, 2.45) is 0 Å². The highest BCUT2D eigenvalue weighted by molar-refractivity contribution is 9.10. The van der Waals surface area contributed by atoms with E-state index in [1.165, 1.54) is 0 Å². The van der Waals surface area contributed by atoms with E-state index in [0.717, 1.165) is 39.8 Å². The molecule has 0 radical (unpaired) electrons. The highest BCUT2D eigenvalue weighted by atomic mass is 79.9. The summed E-state index contributed by atoms with van der Waals surface area (Å²) in [5, 5.41) is 12.9. The Morgan fingerprint density at radius 1 is 1.42 bits per heavy atom. The van der Waals surface area contributed by atoms with E-state index in [9.17, 15) is 9.59 Å². The Labute approximate surface area is 147 Å². The van der Waals surface area contributed by atoms with Gasteiger partial charge in [0, 0.05) is 11.6 Å². The van der Waals surface area contributed by atoms with Crippen molar-refractivity contribution in [1.29, 1.82) is 0 Å². The van der Waals surface area contributed by atoms with Crippen LogP contribution < -0.4 is 10.6 Å². The molecule has 0 bridgehead atoms. The summed E-state index contributed by atoms with van der Waals surface area (Å²) in [4.78, 5) is 23.9. The van der Waals surface area contributed by atoms with Gasteiger partial charge in [-0.25, -0.2) is 0 Å². The fourth-order valence-corrected chi connectivity index (χ4v) is 3.68. The zero-order valence-corrected chi connectivity index (χ0v) is 14.7. The Kier molecular flexibility index (Phi) is 3.68. The van der Waals surface area contributed by atoms with Crippen LogP contribution in [0.25, 0.3) is 0 Å². The number of anilines is 1. The van der Waals surface area contributed by atoms with Crippen molar-refractivity contribution in [3.8, 4) is 0 Å². The molecule has 6 nitrogen and oxygen atoms in total. The van der Waals surface area contributed by atoms with E-state index in [1.807, 2.05) is 25.1 Å². The average molecular weight is 389 g/mol. The van der Waals surface area contributed by atoms with Crippen LogP contribution in [0, 0.1) is 0 Å². The predicted molar refractivity (Wildman–Crippen MR) is 92.9 cm³/mol. The zero-order valence-electron chi connectivity index (χ0n) is 13.1. The van der Waals surface area contributed by atoms with Gasteiger partial charge in [0.25, 0.3) is 5.91 Å². The van der Waals surface area contributed by atoms with Crippen molar-refractivity contribution in [2.45, 2.75) is 38.1 Å². The topological polar surface area (TPSA) is 86.9 Å². The van der Waals surface area contributed by atoms with E-state index in [1.54, 1.807) is 0 Å². The summed E-state index contributed by atoms with van der Waals surface area (Å²) in [7, 11) is 0. The van der Waals surface area contributed by atoms with Crippen LogP contribution >= 0.6 is 15.9 Å². The average Bonchev–Trinajstić information content (AvgIpc) is 3.20. The lowest BCUT2D eigenvalue weighted by atomic mass is 10.0. The molecule has 2 aliphatic rings. The van der Waals surface area contributed by atoms with E-state index in [-0.39, 0.29) is 17.9 Å². The summed E-state index contributed by atoms with van der Waals surface area (Å²) in [5.74, 6) is 0.284. The van der Waals surface area contributed by atoms with E-state index >= 15 is 0 Å². The van der Waals surface area contributed by atoms with Crippen LogP contribution in [0.15, 0.2) is 22.7 Å². The fraction of sp³-hybridized carbons (Fsp3) is 0.353. The number of hydrogen-bond acceptors (Lipinski definition) is 3. The molecule has 7 heteroatoms. The third-order valence-corrected chi connectivity index (χ3v) is 5.34. The number of nitrogens with one attached hydrogen (secondary N) is 3. The molecule has 4 rings (SSSR count). The minimum atomic E-state index is -0.216. The molecule has 1 saturated carbocycles. The molecule has 3 N–H and O–H groups in total. The Morgan fingerprint density at radius 3 is 2.96 bits per heavy atom. The number of halogens is 1. The number of carbonyl (C=O) groups is 2. The van der Waals surface area contributed by atoms with Crippen LogP contribution in [0.5, 0.6) is 0 Å². The first-order valence-electron chi connectivity index (χ1n) is 8.00. The van der Waals surface area contributed by atoms with Crippen LogP contribution in [0.2, 0.25) is 0 Å². The van der Waals surface area contributed by atoms with E-state index in [2.05, 4.69) is 36.8 Å². The number of aromatic amines is 1. The van der Waals surface area contributed by atoms with Gasteiger partial charge in [-0.15, -0.1) is 0 Å². The van der Waals surface area contributed by atoms with Gasteiger partial charge >= 0.3 is 0 Å². The lowest BCUT2D eigenvalue weighted by Crippen LogP contribution is -2.27. The third-order valence-electron chi connectivity index (χ3n) is 4.54. The van der Waals surface area contributed by atoms with Gasteiger partial charge in [0.15, 0.2) is 5.69 Å². The van der Waals surface area contributed by atoms with Gasteiger partial charge in [-0.3, -0.25) is 14.7 Å². The lowest BCUT2D eigenvalue weighted by molar-refractivity contribution is -0.115. The molecule has 1 aromatic carbocycles. The first-order valence-corrected chi connectivity index (χ1v) is 8.79. The second kappa shape index (κ2) is 5.73. The number of rotatable bonds is 4. The van der Waals surface area contributed by atoms with Crippen LogP contribution in [0.4, 0.5) is 5.69 Å².